The third kappa shape index (κ3) is 3.88. The van der Waals surface area contributed by atoms with Gasteiger partial charge < -0.3 is 15.0 Å². The summed E-state index contributed by atoms with van der Waals surface area (Å²) in [7, 11) is 0. The average molecular weight is 309 g/mol. The molecule has 5 nitrogen and oxygen atoms in total. The molecule has 118 valence electrons. The van der Waals surface area contributed by atoms with Gasteiger partial charge in [-0.15, -0.1) is 0 Å². The largest absolute Gasteiger partial charge is 0.494 e. The van der Waals surface area contributed by atoms with Gasteiger partial charge in [-0.1, -0.05) is 18.2 Å². The van der Waals surface area contributed by atoms with Crippen LogP contribution in [0.4, 0.5) is 0 Å². The highest BCUT2D eigenvalue weighted by Gasteiger charge is 2.05. The maximum atomic E-state index is 12.0. The number of rotatable bonds is 6. The highest BCUT2D eigenvalue weighted by Crippen LogP contribution is 2.13. The Hall–Kier alpha value is -2.82. The highest BCUT2D eigenvalue weighted by atomic mass is 16.5. The number of nitrogens with one attached hydrogen (secondary N) is 2. The number of benzene rings is 2. The van der Waals surface area contributed by atoms with Gasteiger partial charge in [0.15, 0.2) is 0 Å². The van der Waals surface area contributed by atoms with E-state index < -0.39 is 0 Å². The number of carbonyl (C=O) groups is 1. The Labute approximate surface area is 134 Å². The molecule has 1 amide bonds. The van der Waals surface area contributed by atoms with Crippen molar-refractivity contribution in [1.29, 1.82) is 0 Å². The average Bonchev–Trinajstić information content (AvgIpc) is 3.03. The van der Waals surface area contributed by atoms with Crippen molar-refractivity contribution in [3.63, 3.8) is 0 Å². The zero-order valence-electron chi connectivity index (χ0n) is 13.0. The quantitative estimate of drug-likeness (QED) is 0.736. The SMILES string of the molecule is CCOc1ccc(CC(=O)NCc2ccc3nc[nH]c3c2)cc1. The highest BCUT2D eigenvalue weighted by molar-refractivity contribution is 5.79. The van der Waals surface area contributed by atoms with E-state index in [-0.39, 0.29) is 5.91 Å². The van der Waals surface area contributed by atoms with Crippen LogP contribution in [0.2, 0.25) is 0 Å². The van der Waals surface area contributed by atoms with Crippen LogP contribution in [0.5, 0.6) is 5.75 Å². The Bertz CT molecular complexity index is 793. The van der Waals surface area contributed by atoms with Crippen molar-refractivity contribution in [2.24, 2.45) is 0 Å². The van der Waals surface area contributed by atoms with Crippen LogP contribution < -0.4 is 10.1 Å². The van der Waals surface area contributed by atoms with E-state index in [1.54, 1.807) is 6.33 Å². The van der Waals surface area contributed by atoms with Crippen LogP contribution >= 0.6 is 0 Å². The van der Waals surface area contributed by atoms with Crippen LogP contribution in [-0.4, -0.2) is 22.5 Å². The molecular weight excluding hydrogens is 290 g/mol. The fraction of sp³-hybridized carbons (Fsp3) is 0.222. The van der Waals surface area contributed by atoms with E-state index in [1.807, 2.05) is 49.4 Å². The summed E-state index contributed by atoms with van der Waals surface area (Å²) in [4.78, 5) is 19.3. The molecule has 3 rings (SSSR count). The number of aromatic nitrogens is 2. The molecule has 0 unspecified atom stereocenters. The number of nitrogens with zero attached hydrogens (tertiary/aromatic N) is 1. The van der Waals surface area contributed by atoms with Gasteiger partial charge in [0.25, 0.3) is 0 Å². The maximum absolute atomic E-state index is 12.0. The van der Waals surface area contributed by atoms with Crippen molar-refractivity contribution in [2.45, 2.75) is 19.9 Å². The molecule has 2 aromatic carbocycles. The maximum Gasteiger partial charge on any atom is 0.224 e. The molecule has 3 aromatic rings. The second-order valence-corrected chi connectivity index (χ2v) is 5.28. The predicted molar refractivity (Wildman–Crippen MR) is 89.3 cm³/mol. The summed E-state index contributed by atoms with van der Waals surface area (Å²) >= 11 is 0. The van der Waals surface area contributed by atoms with Crippen molar-refractivity contribution in [3.8, 4) is 5.75 Å². The van der Waals surface area contributed by atoms with Gasteiger partial charge >= 0.3 is 0 Å². The Morgan fingerprint density at radius 1 is 1.17 bits per heavy atom. The van der Waals surface area contributed by atoms with Crippen molar-refractivity contribution in [3.05, 3.63) is 59.9 Å². The van der Waals surface area contributed by atoms with Crippen LogP contribution in [0, 0.1) is 0 Å². The lowest BCUT2D eigenvalue weighted by atomic mass is 10.1. The third-order valence-corrected chi connectivity index (χ3v) is 3.57. The first kappa shape index (κ1) is 15.1. The summed E-state index contributed by atoms with van der Waals surface area (Å²) < 4.78 is 5.39. The summed E-state index contributed by atoms with van der Waals surface area (Å²) in [6, 6.07) is 13.5. The zero-order valence-corrected chi connectivity index (χ0v) is 13.0. The number of H-pyrrole nitrogens is 1. The lowest BCUT2D eigenvalue weighted by Crippen LogP contribution is -2.24. The topological polar surface area (TPSA) is 67.0 Å². The molecule has 1 heterocycles. The molecule has 23 heavy (non-hydrogen) atoms. The zero-order chi connectivity index (χ0) is 16.1. The minimum absolute atomic E-state index is 0.00105. The van der Waals surface area contributed by atoms with Crippen LogP contribution in [0.25, 0.3) is 11.0 Å². The fourth-order valence-electron chi connectivity index (χ4n) is 2.41. The van der Waals surface area contributed by atoms with E-state index in [9.17, 15) is 4.79 Å². The van der Waals surface area contributed by atoms with Crippen LogP contribution in [0.3, 0.4) is 0 Å². The monoisotopic (exact) mass is 309 g/mol. The predicted octanol–water partition coefficient (Wildman–Crippen LogP) is 2.82. The summed E-state index contributed by atoms with van der Waals surface area (Å²) in [5.41, 5.74) is 3.91. The first-order chi connectivity index (χ1) is 11.2. The minimum Gasteiger partial charge on any atom is -0.494 e. The van der Waals surface area contributed by atoms with Gasteiger partial charge in [0.05, 0.1) is 30.4 Å². The smallest absolute Gasteiger partial charge is 0.224 e. The van der Waals surface area contributed by atoms with Gasteiger partial charge in [0.2, 0.25) is 5.91 Å². The number of hydrogen-bond donors (Lipinski definition) is 2. The van der Waals surface area contributed by atoms with Gasteiger partial charge in [-0.25, -0.2) is 4.98 Å². The number of carbonyl (C=O) groups excluding carboxylic acids is 1. The Morgan fingerprint density at radius 3 is 2.74 bits per heavy atom. The van der Waals surface area contributed by atoms with E-state index in [0.717, 1.165) is 27.9 Å². The van der Waals surface area contributed by atoms with Crippen LogP contribution in [-0.2, 0) is 17.8 Å². The molecule has 0 aliphatic carbocycles. The molecule has 0 aliphatic rings. The Balaban J connectivity index is 1.54. The summed E-state index contributed by atoms with van der Waals surface area (Å²) in [6.07, 6.45) is 2.03. The van der Waals surface area contributed by atoms with Crippen molar-refractivity contribution in [1.82, 2.24) is 15.3 Å². The van der Waals surface area contributed by atoms with Gasteiger partial charge in [0, 0.05) is 6.54 Å². The second-order valence-electron chi connectivity index (χ2n) is 5.28. The molecule has 1 aromatic heterocycles. The summed E-state index contributed by atoms with van der Waals surface area (Å²) in [5, 5.41) is 2.94. The van der Waals surface area contributed by atoms with Gasteiger partial charge in [-0.2, -0.15) is 0 Å². The first-order valence-corrected chi connectivity index (χ1v) is 7.65. The first-order valence-electron chi connectivity index (χ1n) is 7.65. The molecule has 2 N–H and O–H groups in total. The van der Waals surface area contributed by atoms with E-state index in [4.69, 9.17) is 4.74 Å². The lowest BCUT2D eigenvalue weighted by molar-refractivity contribution is -0.120. The Morgan fingerprint density at radius 2 is 1.96 bits per heavy atom. The van der Waals surface area contributed by atoms with Gasteiger partial charge in [-0.05, 0) is 42.3 Å². The summed E-state index contributed by atoms with van der Waals surface area (Å²) in [5.74, 6) is 0.823. The minimum atomic E-state index is -0.00105. The number of amides is 1. The number of aromatic amines is 1. The van der Waals surface area contributed by atoms with E-state index in [2.05, 4.69) is 15.3 Å². The molecule has 0 saturated heterocycles. The van der Waals surface area contributed by atoms with Gasteiger partial charge in [-0.3, -0.25) is 4.79 Å². The van der Waals surface area contributed by atoms with E-state index in [1.165, 1.54) is 0 Å². The molecule has 0 aliphatic heterocycles. The fourth-order valence-corrected chi connectivity index (χ4v) is 2.41. The number of ether oxygens (including phenoxy) is 1. The normalized spacial score (nSPS) is 10.7. The van der Waals surface area contributed by atoms with Crippen LogP contribution in [0.1, 0.15) is 18.1 Å². The molecule has 0 fully saturated rings. The molecule has 0 radical (unpaired) electrons. The van der Waals surface area contributed by atoms with E-state index >= 15 is 0 Å². The number of hydrogen-bond acceptors (Lipinski definition) is 3. The Kier molecular flexibility index (Phi) is 4.57. The van der Waals surface area contributed by atoms with Gasteiger partial charge in [0.1, 0.15) is 5.75 Å². The molecule has 0 saturated carbocycles. The number of fused-ring (bicyclic) bond motifs is 1. The van der Waals surface area contributed by atoms with Crippen molar-refractivity contribution in [2.75, 3.05) is 6.61 Å². The standard InChI is InChI=1S/C18H19N3O2/c1-2-23-15-6-3-13(4-7-15)10-18(22)19-11-14-5-8-16-17(9-14)21-12-20-16/h3-9,12H,2,10-11H2,1H3,(H,19,22)(H,20,21). The molecule has 0 atom stereocenters. The van der Waals surface area contributed by atoms with Crippen molar-refractivity contribution < 1.29 is 9.53 Å². The molecular formula is C18H19N3O2. The number of imidazole rings is 1. The van der Waals surface area contributed by atoms with E-state index in [0.29, 0.717) is 19.6 Å². The van der Waals surface area contributed by atoms with Crippen LogP contribution in [0.15, 0.2) is 48.8 Å². The summed E-state index contributed by atoms with van der Waals surface area (Å²) in [6.45, 7) is 3.09. The van der Waals surface area contributed by atoms with Crippen molar-refractivity contribution >= 4 is 16.9 Å². The molecule has 0 bridgehead atoms. The molecule has 5 heteroatoms. The molecule has 0 spiro atoms. The second kappa shape index (κ2) is 6.96. The third-order valence-electron chi connectivity index (χ3n) is 3.57. The lowest BCUT2D eigenvalue weighted by Gasteiger charge is -2.07.